The van der Waals surface area contributed by atoms with Crippen LogP contribution < -0.4 is 4.72 Å². The second-order valence-corrected chi connectivity index (χ2v) is 8.51. The molecule has 7 heteroatoms. The molecular weight excluding hydrogens is 366 g/mol. The summed E-state index contributed by atoms with van der Waals surface area (Å²) in [7, 11) is -1.91. The van der Waals surface area contributed by atoms with Gasteiger partial charge >= 0.3 is 0 Å². The number of hydrogen-bond donors (Lipinski definition) is 1. The molecule has 2 rings (SSSR count). The third-order valence-corrected chi connectivity index (χ3v) is 6.64. The molecule has 1 saturated carbocycles. The number of ether oxygens (including phenoxy) is 1. The van der Waals surface area contributed by atoms with Crippen LogP contribution >= 0.6 is 27.5 Å². The van der Waals surface area contributed by atoms with Crippen molar-refractivity contribution in [1.29, 1.82) is 0 Å². The fourth-order valence-corrected chi connectivity index (χ4v) is 4.46. The van der Waals surface area contributed by atoms with Crippen LogP contribution in [0.15, 0.2) is 27.6 Å². The van der Waals surface area contributed by atoms with Crippen LogP contribution in [0.1, 0.15) is 20.3 Å². The monoisotopic (exact) mass is 381 g/mol. The number of rotatable bonds is 4. The van der Waals surface area contributed by atoms with Crippen LogP contribution in [0.3, 0.4) is 0 Å². The quantitative estimate of drug-likeness (QED) is 0.870. The summed E-state index contributed by atoms with van der Waals surface area (Å²) in [6.45, 7) is 3.99. The summed E-state index contributed by atoms with van der Waals surface area (Å²) >= 11 is 9.11. The van der Waals surface area contributed by atoms with Crippen LogP contribution in [0, 0.1) is 5.41 Å². The van der Waals surface area contributed by atoms with Crippen LogP contribution in [0.4, 0.5) is 0 Å². The van der Waals surface area contributed by atoms with Crippen LogP contribution in [0.2, 0.25) is 5.02 Å². The summed E-state index contributed by atoms with van der Waals surface area (Å²) in [5, 5.41) is 0.479. The van der Waals surface area contributed by atoms with E-state index in [1.54, 1.807) is 13.2 Å². The molecular formula is C13H17BrClNO3S. The van der Waals surface area contributed by atoms with Gasteiger partial charge in [-0.3, -0.25) is 0 Å². The third-order valence-electron chi connectivity index (χ3n) is 3.96. The van der Waals surface area contributed by atoms with Crippen molar-refractivity contribution in [2.45, 2.75) is 37.3 Å². The third kappa shape index (κ3) is 2.90. The molecule has 0 bridgehead atoms. The molecule has 1 aromatic rings. The predicted molar refractivity (Wildman–Crippen MR) is 82.5 cm³/mol. The Balaban J connectivity index is 2.18. The number of hydrogen-bond acceptors (Lipinski definition) is 3. The Labute approximate surface area is 133 Å². The van der Waals surface area contributed by atoms with Crippen molar-refractivity contribution in [3.05, 3.63) is 27.7 Å². The molecule has 0 amide bonds. The van der Waals surface area contributed by atoms with Gasteiger partial charge in [0.15, 0.2) is 0 Å². The van der Waals surface area contributed by atoms with Gasteiger partial charge in [-0.25, -0.2) is 13.1 Å². The molecule has 0 radical (unpaired) electrons. The van der Waals surface area contributed by atoms with Crippen molar-refractivity contribution in [2.75, 3.05) is 7.11 Å². The number of nitrogens with one attached hydrogen (secondary N) is 1. The van der Waals surface area contributed by atoms with Gasteiger partial charge in [0.2, 0.25) is 10.0 Å². The van der Waals surface area contributed by atoms with Gasteiger partial charge in [0.25, 0.3) is 0 Å². The molecule has 1 aliphatic rings. The maximum absolute atomic E-state index is 12.4. The molecule has 1 aliphatic carbocycles. The maximum Gasteiger partial charge on any atom is 0.240 e. The van der Waals surface area contributed by atoms with Gasteiger partial charge in [-0.15, -0.1) is 0 Å². The minimum absolute atomic E-state index is 0.0761. The Morgan fingerprint density at radius 3 is 2.60 bits per heavy atom. The van der Waals surface area contributed by atoms with Crippen molar-refractivity contribution in [2.24, 2.45) is 5.41 Å². The number of sulfonamides is 1. The van der Waals surface area contributed by atoms with Gasteiger partial charge in [0.1, 0.15) is 0 Å². The minimum atomic E-state index is -3.56. The van der Waals surface area contributed by atoms with E-state index in [4.69, 9.17) is 16.3 Å². The summed E-state index contributed by atoms with van der Waals surface area (Å²) in [6, 6.07) is 4.43. The lowest BCUT2D eigenvalue weighted by atomic mass is 9.65. The Bertz CT molecular complexity index is 618. The number of methoxy groups -OCH3 is 1. The van der Waals surface area contributed by atoms with E-state index in [9.17, 15) is 8.42 Å². The Morgan fingerprint density at radius 1 is 1.45 bits per heavy atom. The van der Waals surface area contributed by atoms with Crippen molar-refractivity contribution in [3.8, 4) is 0 Å². The second kappa shape index (κ2) is 5.57. The van der Waals surface area contributed by atoms with Crippen LogP contribution in [-0.4, -0.2) is 27.7 Å². The van der Waals surface area contributed by atoms with Gasteiger partial charge in [-0.2, -0.15) is 0 Å². The molecule has 0 spiro atoms. The molecule has 1 aromatic carbocycles. The highest BCUT2D eigenvalue weighted by molar-refractivity contribution is 9.10. The molecule has 20 heavy (non-hydrogen) atoms. The van der Waals surface area contributed by atoms with E-state index in [-0.39, 0.29) is 22.5 Å². The summed E-state index contributed by atoms with van der Waals surface area (Å²) in [4.78, 5) is 0.199. The topological polar surface area (TPSA) is 55.4 Å². The summed E-state index contributed by atoms with van der Waals surface area (Å²) in [5.74, 6) is 0. The van der Waals surface area contributed by atoms with Gasteiger partial charge in [0, 0.05) is 23.0 Å². The van der Waals surface area contributed by atoms with E-state index in [0.29, 0.717) is 15.9 Å². The highest BCUT2D eigenvalue weighted by Crippen LogP contribution is 2.43. The average molecular weight is 383 g/mol. The predicted octanol–water partition coefficient (Wildman–Crippen LogP) is 3.19. The maximum atomic E-state index is 12.4. The molecule has 0 aliphatic heterocycles. The average Bonchev–Trinajstić information content (AvgIpc) is 2.37. The molecule has 0 heterocycles. The summed E-state index contributed by atoms with van der Waals surface area (Å²) in [5.41, 5.74) is -0.217. The smallest absolute Gasteiger partial charge is 0.240 e. The zero-order chi connectivity index (χ0) is 15.1. The molecule has 2 atom stereocenters. The van der Waals surface area contributed by atoms with Crippen molar-refractivity contribution >= 4 is 37.6 Å². The van der Waals surface area contributed by atoms with E-state index < -0.39 is 10.0 Å². The van der Waals surface area contributed by atoms with Gasteiger partial charge in [0.05, 0.1) is 16.0 Å². The molecule has 1 fully saturated rings. The fourth-order valence-electron chi connectivity index (χ4n) is 2.38. The van der Waals surface area contributed by atoms with E-state index in [2.05, 4.69) is 20.7 Å². The normalized spacial score (nSPS) is 25.2. The Kier molecular flexibility index (Phi) is 4.52. The lowest BCUT2D eigenvalue weighted by Gasteiger charge is -2.50. The highest BCUT2D eigenvalue weighted by atomic mass is 79.9. The van der Waals surface area contributed by atoms with Crippen molar-refractivity contribution < 1.29 is 13.2 Å². The summed E-state index contributed by atoms with van der Waals surface area (Å²) < 4.78 is 33.4. The molecule has 2 unspecified atom stereocenters. The van der Waals surface area contributed by atoms with Crippen molar-refractivity contribution in [3.63, 3.8) is 0 Å². The molecule has 0 aromatic heterocycles. The molecule has 1 N–H and O–H groups in total. The number of benzene rings is 1. The van der Waals surface area contributed by atoms with Gasteiger partial charge < -0.3 is 4.74 Å². The standard InChI is InChI=1S/C13H17BrClNO3S/c1-13(2)11(7-12(13)19-3)16-20(17,18)8-4-5-10(15)9(14)6-8/h4-6,11-12,16H,7H2,1-3H3. The van der Waals surface area contributed by atoms with Crippen LogP contribution in [-0.2, 0) is 14.8 Å². The van der Waals surface area contributed by atoms with E-state index in [1.165, 1.54) is 12.1 Å². The second-order valence-electron chi connectivity index (χ2n) is 5.53. The Morgan fingerprint density at radius 2 is 2.10 bits per heavy atom. The zero-order valence-corrected chi connectivity index (χ0v) is 14.6. The first-order valence-electron chi connectivity index (χ1n) is 6.18. The largest absolute Gasteiger partial charge is 0.381 e. The molecule has 4 nitrogen and oxygen atoms in total. The lowest BCUT2D eigenvalue weighted by Crippen LogP contribution is -2.61. The Hall–Kier alpha value is -0.140. The highest BCUT2D eigenvalue weighted by Gasteiger charge is 2.50. The molecule has 112 valence electrons. The van der Waals surface area contributed by atoms with Crippen LogP contribution in [0.5, 0.6) is 0 Å². The first kappa shape index (κ1) is 16.2. The lowest BCUT2D eigenvalue weighted by molar-refractivity contribution is -0.0908. The van der Waals surface area contributed by atoms with Crippen molar-refractivity contribution in [1.82, 2.24) is 4.72 Å². The van der Waals surface area contributed by atoms with E-state index >= 15 is 0 Å². The van der Waals surface area contributed by atoms with Gasteiger partial charge in [-0.1, -0.05) is 25.4 Å². The van der Waals surface area contributed by atoms with E-state index in [1.807, 2.05) is 13.8 Å². The first-order valence-corrected chi connectivity index (χ1v) is 8.84. The first-order chi connectivity index (χ1) is 9.18. The fraction of sp³-hybridized carbons (Fsp3) is 0.538. The minimum Gasteiger partial charge on any atom is -0.381 e. The van der Waals surface area contributed by atoms with Crippen LogP contribution in [0.25, 0.3) is 0 Å². The summed E-state index contributed by atoms with van der Waals surface area (Å²) in [6.07, 6.45) is 0.754. The molecule has 0 saturated heterocycles. The number of halogens is 2. The SMILES string of the molecule is COC1CC(NS(=O)(=O)c2ccc(Cl)c(Br)c2)C1(C)C. The van der Waals surface area contributed by atoms with Gasteiger partial charge in [-0.05, 0) is 40.5 Å². The zero-order valence-electron chi connectivity index (χ0n) is 11.5. The van der Waals surface area contributed by atoms with E-state index in [0.717, 1.165) is 0 Å².